The van der Waals surface area contributed by atoms with Crippen LogP contribution in [0, 0.1) is 0 Å². The van der Waals surface area contributed by atoms with Crippen LogP contribution in [0.4, 0.5) is 22.7 Å². The van der Waals surface area contributed by atoms with Crippen molar-refractivity contribution in [2.75, 3.05) is 21.3 Å². The summed E-state index contributed by atoms with van der Waals surface area (Å²) in [5.74, 6) is 2.07. The van der Waals surface area contributed by atoms with Gasteiger partial charge in [-0.2, -0.15) is 20.4 Å². The second-order valence-electron chi connectivity index (χ2n) is 20.8. The summed E-state index contributed by atoms with van der Waals surface area (Å²) in [4.78, 5) is 97.0. The normalized spacial score (nSPS) is 10.4. The number of hydrogen-bond acceptors (Lipinski definition) is 18. The molecule has 0 bridgehead atoms. The van der Waals surface area contributed by atoms with Gasteiger partial charge in [0.15, 0.2) is 23.1 Å². The molecule has 4 aromatic rings. The van der Waals surface area contributed by atoms with Crippen molar-refractivity contribution in [3.8, 4) is 0 Å². The van der Waals surface area contributed by atoms with E-state index in [9.17, 15) is 38.4 Å². The molecule has 0 fully saturated rings. The smallest absolute Gasteiger partial charge is 0.224 e. The molecule has 0 aromatic heterocycles. The summed E-state index contributed by atoms with van der Waals surface area (Å²) < 4.78 is 0. The highest BCUT2D eigenvalue weighted by Gasteiger charge is 2.15. The largest absolute Gasteiger partial charge is 0.369 e. The van der Waals surface area contributed by atoms with Crippen LogP contribution in [-0.2, 0) is 19.2 Å². The van der Waals surface area contributed by atoms with Crippen molar-refractivity contribution in [3.63, 3.8) is 0 Å². The van der Waals surface area contributed by atoms with Gasteiger partial charge in [-0.05, 0) is 154 Å². The van der Waals surface area contributed by atoms with Crippen molar-refractivity contribution in [1.82, 2.24) is 0 Å². The first-order valence-electron chi connectivity index (χ1n) is 28.9. The lowest BCUT2D eigenvalue weighted by atomic mass is 10.0. The van der Waals surface area contributed by atoms with E-state index in [1.807, 2.05) is 0 Å². The summed E-state index contributed by atoms with van der Waals surface area (Å²) in [6.07, 6.45) is 6.55. The molecule has 26 N–H and O–H groups in total. The zero-order chi connectivity index (χ0) is 69.9. The summed E-state index contributed by atoms with van der Waals surface area (Å²) in [5.41, 5.74) is 60.5. The fourth-order valence-electron chi connectivity index (χ4n) is 7.95. The van der Waals surface area contributed by atoms with Crippen molar-refractivity contribution in [3.05, 3.63) is 117 Å². The van der Waals surface area contributed by atoms with Crippen molar-refractivity contribution < 1.29 is 38.4 Å². The molecule has 0 saturated heterocycles. The van der Waals surface area contributed by atoms with Gasteiger partial charge in [-0.1, -0.05) is 25.7 Å². The number of guanidine groups is 5. The summed E-state index contributed by atoms with van der Waals surface area (Å²) in [6, 6.07) is 19.8. The second kappa shape index (κ2) is 51.3. The number of anilines is 4. The predicted octanol–water partition coefficient (Wildman–Crippen LogP) is 6.67. The quantitative estimate of drug-likeness (QED) is 0.00647. The third-order valence-electron chi connectivity index (χ3n) is 12.7. The topological polar surface area (TPSA) is 582 Å². The molecular weight excluding hydrogens is 1410 g/mol. The van der Waals surface area contributed by atoms with Gasteiger partial charge in [0.2, 0.25) is 53.4 Å². The van der Waals surface area contributed by atoms with E-state index >= 15 is 0 Å². The molecule has 0 unspecified atom stereocenters. The standard InChI is InChI=1S/C32H48N18O2.C28H32N2O6.CH6N4.6ClH/c1-17(43-47-29(33)34)21-11-22(18(2)44-48-30(35)36)14-25(13-21)41-27(51)9-7-5-6-8-10-28(52)42-26-15-23(19(3)45-49-31(37)38)12-24(16-26)20(4)46-50-32(39)40;1-17(31)21-11-22(18(2)32)14-25(13-21)29-27(35)9-7-5-6-8-10-28(36)30-26-15-23(19(3)33)12-24(16-26)20(4)34;2-1(3)5-4;;;;;;/h11-16H,5-10H2,1-4H3,(H,41,51)(H,42,52)(H4,33,34,47)(H4,35,36,48)(H4,37,38,49)(H4,39,40,50);11-16H,5-10H2,1-4H3,(H,29,35)(H,30,36);4H2,(H4,2,3,5);6*1H/b43-17+,44-18+,45-19+,46-20+;;;;;;;;. The molecule has 0 atom stereocenters. The van der Waals surface area contributed by atoms with Gasteiger partial charge < -0.3 is 84.4 Å². The Hall–Kier alpha value is -9.99. The van der Waals surface area contributed by atoms with E-state index in [0.29, 0.717) is 116 Å². The number of benzene rings is 4. The number of nitrogens with one attached hydrogen (secondary N) is 4. The minimum absolute atomic E-state index is 0. The van der Waals surface area contributed by atoms with Crippen LogP contribution in [0.2, 0.25) is 0 Å². The van der Waals surface area contributed by atoms with Gasteiger partial charge in [-0.3, -0.25) is 38.4 Å². The molecule has 4 aromatic carbocycles. The maximum absolute atomic E-state index is 12.8. The SMILES string of the molecule is C/C(=N\N=C(N)N)c1cc(NC(=O)CCCCCCC(=O)Nc2cc(/C(C)=N/N=C(N)N)cc(/C(C)=N/N=C(N)N)c2)cc(/C(C)=N/N=C(N)N)c1.CC(=O)c1cc(NC(=O)CCCCCCC(=O)Nc2cc(C(C)=O)cc(C(C)=O)c2)cc(C(C)=O)c1.Cl.Cl.Cl.Cl.Cl.Cl.NN=C(N)N. The highest BCUT2D eigenvalue weighted by molar-refractivity contribution is 6.09. The van der Waals surface area contributed by atoms with E-state index in [4.69, 9.17) is 57.3 Å². The minimum atomic E-state index is -0.213. The second-order valence-corrected chi connectivity index (χ2v) is 20.8. The Bertz CT molecular complexity index is 3270. The number of ketones is 4. The van der Waals surface area contributed by atoms with E-state index in [1.165, 1.54) is 39.8 Å². The zero-order valence-electron chi connectivity index (χ0n) is 56.0. The average Bonchev–Trinajstić information content (AvgIpc) is 0.865. The van der Waals surface area contributed by atoms with Crippen LogP contribution >= 0.6 is 74.4 Å². The molecule has 0 heterocycles. The highest BCUT2D eigenvalue weighted by atomic mass is 35.5. The van der Waals surface area contributed by atoms with Crippen LogP contribution in [0.3, 0.4) is 0 Å². The van der Waals surface area contributed by atoms with E-state index in [2.05, 4.69) is 73.0 Å². The maximum atomic E-state index is 12.8. The molecule has 0 spiro atoms. The molecule has 0 aliphatic carbocycles. The van der Waals surface area contributed by atoms with Gasteiger partial charge in [-0.25, -0.2) is 0 Å². The number of amides is 4. The van der Waals surface area contributed by atoms with Gasteiger partial charge >= 0.3 is 0 Å². The number of hydrazone groups is 1. The molecule has 0 saturated carbocycles. The monoisotopic (exact) mass is 1500 g/mol. The van der Waals surface area contributed by atoms with Gasteiger partial charge in [0.1, 0.15) is 0 Å². The van der Waals surface area contributed by atoms with E-state index < -0.39 is 0 Å². The first kappa shape index (κ1) is 97.7. The van der Waals surface area contributed by atoms with Gasteiger partial charge in [0, 0.05) is 92.9 Å². The van der Waals surface area contributed by atoms with Crippen molar-refractivity contribution in [1.29, 1.82) is 0 Å². The molecule has 546 valence electrons. The summed E-state index contributed by atoms with van der Waals surface area (Å²) >= 11 is 0. The third-order valence-corrected chi connectivity index (χ3v) is 12.7. The van der Waals surface area contributed by atoms with Gasteiger partial charge in [-0.15, -0.1) is 99.9 Å². The van der Waals surface area contributed by atoms with Crippen LogP contribution in [-0.4, -0.2) is 99.4 Å². The predicted molar refractivity (Wildman–Crippen MR) is 411 cm³/mol. The van der Waals surface area contributed by atoms with Crippen LogP contribution in [0.5, 0.6) is 0 Å². The van der Waals surface area contributed by atoms with E-state index in [1.54, 1.807) is 88.4 Å². The number of carbonyl (C=O) groups excluding carboxylic acids is 8. The first-order chi connectivity index (χ1) is 43.8. The highest BCUT2D eigenvalue weighted by Crippen LogP contribution is 2.23. The average molecular weight is 1500 g/mol. The van der Waals surface area contributed by atoms with Crippen LogP contribution in [0.15, 0.2) is 119 Å². The molecule has 4 amide bonds. The summed E-state index contributed by atoms with van der Waals surface area (Å²) in [5, 5.41) is 45.0. The zero-order valence-corrected chi connectivity index (χ0v) is 60.9. The molecule has 0 aliphatic heterocycles. The molecule has 4 rings (SSSR count). The summed E-state index contributed by atoms with van der Waals surface area (Å²) in [7, 11) is 0. The number of unbranched alkanes of at least 4 members (excludes halogenated alkanes) is 6. The third kappa shape index (κ3) is 41.0. The number of nitrogens with two attached hydrogens (primary N) is 11. The van der Waals surface area contributed by atoms with Crippen LogP contribution in [0.25, 0.3) is 0 Å². The fourth-order valence-corrected chi connectivity index (χ4v) is 7.95. The number of nitrogens with zero attached hydrogens (tertiary/aromatic N) is 9. The summed E-state index contributed by atoms with van der Waals surface area (Å²) in [6.45, 7) is 12.5. The Morgan fingerprint density at radius 2 is 0.424 bits per heavy atom. The Kier molecular flexibility index (Phi) is 50.6. The van der Waals surface area contributed by atoms with Crippen molar-refractivity contribution in [2.24, 2.45) is 109 Å². The number of halogens is 6. The molecule has 99 heavy (non-hydrogen) atoms. The Morgan fingerprint density at radius 3 is 0.576 bits per heavy atom. The first-order valence-corrected chi connectivity index (χ1v) is 28.9. The van der Waals surface area contributed by atoms with E-state index in [0.717, 1.165) is 25.7 Å². The maximum Gasteiger partial charge on any atom is 0.224 e. The number of Topliss-reactive ketones (excluding diaryl/α,β-unsaturated/α-hetero) is 4. The van der Waals surface area contributed by atoms with Crippen molar-refractivity contribution >= 4 is 197 Å². The van der Waals surface area contributed by atoms with E-state index in [-0.39, 0.29) is 177 Å². The van der Waals surface area contributed by atoms with Crippen molar-refractivity contribution in [2.45, 2.75) is 132 Å². The molecule has 38 heteroatoms. The fraction of sp³-hybridized carbons (Fsp3) is 0.328. The van der Waals surface area contributed by atoms with Gasteiger partial charge in [0.05, 0.1) is 22.8 Å². The lowest BCUT2D eigenvalue weighted by molar-refractivity contribution is -0.117. The number of hydrogen-bond donors (Lipinski definition) is 15. The molecular formula is C61H92Cl6N24O8. The Balaban J connectivity index is -0.000000551. The van der Waals surface area contributed by atoms with Gasteiger partial charge in [0.25, 0.3) is 0 Å². The lowest BCUT2D eigenvalue weighted by Gasteiger charge is -2.11. The molecule has 0 radical (unpaired) electrons. The van der Waals surface area contributed by atoms with Crippen LogP contribution < -0.4 is 84.4 Å². The number of carbonyl (C=O) groups is 8. The van der Waals surface area contributed by atoms with Crippen LogP contribution in [0.1, 0.15) is 196 Å². The Morgan fingerprint density at radius 1 is 0.263 bits per heavy atom. The minimum Gasteiger partial charge on any atom is -0.369 e. The molecule has 32 nitrogen and oxygen atoms in total. The lowest BCUT2D eigenvalue weighted by Crippen LogP contribution is -2.23. The number of rotatable bonds is 30. The Labute approximate surface area is 611 Å². The molecule has 0 aliphatic rings.